The summed E-state index contributed by atoms with van der Waals surface area (Å²) in [4.78, 5) is 2.33. The molecule has 0 bridgehead atoms. The van der Waals surface area contributed by atoms with Gasteiger partial charge in [-0.2, -0.15) is 0 Å². The first-order valence-corrected chi connectivity index (χ1v) is 19.1. The summed E-state index contributed by atoms with van der Waals surface area (Å²) in [6.45, 7) is 0. The van der Waals surface area contributed by atoms with E-state index in [1.165, 1.54) is 33.4 Å². The van der Waals surface area contributed by atoms with Gasteiger partial charge in [0.05, 0.1) is 0 Å². The fourth-order valence-corrected chi connectivity index (χ4v) is 7.83. The Hall–Kier alpha value is -7.42. The van der Waals surface area contributed by atoms with Gasteiger partial charge in [0.1, 0.15) is 11.2 Å². The summed E-state index contributed by atoms with van der Waals surface area (Å²) in [5.74, 6) is 0. The summed E-state index contributed by atoms with van der Waals surface area (Å²) >= 11 is 0. The van der Waals surface area contributed by atoms with Crippen molar-refractivity contribution in [3.05, 3.63) is 224 Å². The van der Waals surface area contributed by atoms with E-state index in [1.807, 2.05) is 12.1 Å². The Morgan fingerprint density at radius 2 is 0.589 bits per heavy atom. The monoisotopic (exact) mass is 715 g/mol. The molecule has 0 amide bonds. The predicted octanol–water partition coefficient (Wildman–Crippen LogP) is 15.4. The SMILES string of the molecule is c1ccc(-c2ccc(N(c3ccc(-c4ccccc4)cc3)c3ccc(-c4ccc(-c5cc6oc7ccccc7c6cc5-c5ccccc5)cc4)cc3)cc2)cc1. The molecule has 0 saturated carbocycles. The maximum Gasteiger partial charge on any atom is 0.136 e. The van der Waals surface area contributed by atoms with Gasteiger partial charge >= 0.3 is 0 Å². The molecule has 0 aliphatic rings. The maximum atomic E-state index is 6.34. The minimum absolute atomic E-state index is 0.898. The molecule has 0 fully saturated rings. The number of nitrogens with zero attached hydrogens (tertiary/aromatic N) is 1. The van der Waals surface area contributed by atoms with Gasteiger partial charge < -0.3 is 9.32 Å². The second-order valence-electron chi connectivity index (χ2n) is 14.1. The van der Waals surface area contributed by atoms with Crippen LogP contribution in [0.25, 0.3) is 77.6 Å². The van der Waals surface area contributed by atoms with E-state index >= 15 is 0 Å². The highest BCUT2D eigenvalue weighted by atomic mass is 16.3. The Morgan fingerprint density at radius 1 is 0.250 bits per heavy atom. The molecule has 0 aliphatic heterocycles. The quantitative estimate of drug-likeness (QED) is 0.156. The van der Waals surface area contributed by atoms with Gasteiger partial charge in [0.15, 0.2) is 0 Å². The van der Waals surface area contributed by atoms with Crippen molar-refractivity contribution in [1.29, 1.82) is 0 Å². The van der Waals surface area contributed by atoms with Crippen molar-refractivity contribution < 1.29 is 4.42 Å². The van der Waals surface area contributed by atoms with Crippen molar-refractivity contribution in [2.24, 2.45) is 0 Å². The van der Waals surface area contributed by atoms with Gasteiger partial charge in [0.25, 0.3) is 0 Å². The molecule has 264 valence electrons. The number of benzene rings is 9. The zero-order valence-electron chi connectivity index (χ0n) is 30.7. The van der Waals surface area contributed by atoms with Gasteiger partial charge in [-0.05, 0) is 110 Å². The average Bonchev–Trinajstić information content (AvgIpc) is 3.65. The van der Waals surface area contributed by atoms with E-state index in [-0.39, 0.29) is 0 Å². The molecular formula is C54H37NO. The van der Waals surface area contributed by atoms with Crippen molar-refractivity contribution in [1.82, 2.24) is 0 Å². The summed E-state index contributed by atoms with van der Waals surface area (Å²) < 4.78 is 6.34. The van der Waals surface area contributed by atoms with Gasteiger partial charge in [-0.15, -0.1) is 0 Å². The number of anilines is 3. The Labute approximate surface area is 327 Å². The topological polar surface area (TPSA) is 16.4 Å². The second kappa shape index (κ2) is 14.4. The molecule has 0 radical (unpaired) electrons. The summed E-state index contributed by atoms with van der Waals surface area (Å²) in [6, 6.07) is 80.0. The fourth-order valence-electron chi connectivity index (χ4n) is 7.83. The number of rotatable bonds is 8. The van der Waals surface area contributed by atoms with E-state index in [2.05, 4.69) is 217 Å². The molecule has 1 aromatic heterocycles. The number of furan rings is 1. The summed E-state index contributed by atoms with van der Waals surface area (Å²) in [7, 11) is 0. The van der Waals surface area contributed by atoms with Crippen LogP contribution in [0, 0.1) is 0 Å². The molecule has 10 aromatic rings. The Kier molecular flexibility index (Phi) is 8.55. The summed E-state index contributed by atoms with van der Waals surface area (Å²) in [6.07, 6.45) is 0. The molecule has 10 rings (SSSR count). The molecule has 0 unspecified atom stereocenters. The van der Waals surface area contributed by atoms with E-state index in [1.54, 1.807) is 0 Å². The average molecular weight is 716 g/mol. The largest absolute Gasteiger partial charge is 0.456 e. The molecule has 0 saturated heterocycles. The normalized spacial score (nSPS) is 11.2. The number of hydrogen-bond donors (Lipinski definition) is 0. The number of fused-ring (bicyclic) bond motifs is 3. The Balaban J connectivity index is 0.989. The second-order valence-corrected chi connectivity index (χ2v) is 14.1. The minimum atomic E-state index is 0.898. The minimum Gasteiger partial charge on any atom is -0.456 e. The maximum absolute atomic E-state index is 6.34. The standard InChI is InChI=1S/C54H37NO/c1-4-12-38(13-5-1)41-24-30-46(31-25-41)55(47-32-26-42(27-33-47)39-14-6-2-7-15-39)48-34-28-43(29-35-48)40-20-22-45(23-21-40)51-37-54-52(49-18-10-11-19-53(49)56-54)36-50(51)44-16-8-3-9-17-44/h1-37H. The highest BCUT2D eigenvalue weighted by molar-refractivity contribution is 6.08. The van der Waals surface area contributed by atoms with Crippen molar-refractivity contribution in [2.75, 3.05) is 4.90 Å². The Morgan fingerprint density at radius 3 is 1.07 bits per heavy atom. The molecule has 0 atom stereocenters. The summed E-state index contributed by atoms with van der Waals surface area (Å²) in [5.41, 5.74) is 16.9. The molecule has 2 nitrogen and oxygen atoms in total. The van der Waals surface area contributed by atoms with Crippen LogP contribution >= 0.6 is 0 Å². The fraction of sp³-hybridized carbons (Fsp3) is 0. The van der Waals surface area contributed by atoms with E-state index in [0.29, 0.717) is 0 Å². The van der Waals surface area contributed by atoms with Crippen LogP contribution in [0.2, 0.25) is 0 Å². The first kappa shape index (κ1) is 33.2. The van der Waals surface area contributed by atoms with Crippen LogP contribution < -0.4 is 4.90 Å². The molecule has 0 aliphatic carbocycles. The third-order valence-electron chi connectivity index (χ3n) is 10.7. The lowest BCUT2D eigenvalue weighted by Crippen LogP contribution is -2.09. The third kappa shape index (κ3) is 6.34. The van der Waals surface area contributed by atoms with Gasteiger partial charge in [0.2, 0.25) is 0 Å². The zero-order valence-corrected chi connectivity index (χ0v) is 30.7. The van der Waals surface area contributed by atoms with Gasteiger partial charge in [-0.25, -0.2) is 0 Å². The lowest BCUT2D eigenvalue weighted by Gasteiger charge is -2.26. The van der Waals surface area contributed by atoms with Crippen molar-refractivity contribution in [2.45, 2.75) is 0 Å². The van der Waals surface area contributed by atoms with Crippen LogP contribution in [0.5, 0.6) is 0 Å². The van der Waals surface area contributed by atoms with Crippen LogP contribution in [0.1, 0.15) is 0 Å². The lowest BCUT2D eigenvalue weighted by atomic mass is 9.92. The zero-order chi connectivity index (χ0) is 37.3. The molecule has 9 aromatic carbocycles. The summed E-state index contributed by atoms with van der Waals surface area (Å²) in [5, 5.41) is 2.27. The highest BCUT2D eigenvalue weighted by Gasteiger charge is 2.16. The van der Waals surface area contributed by atoms with E-state index < -0.39 is 0 Å². The number of para-hydroxylation sites is 1. The van der Waals surface area contributed by atoms with Crippen molar-refractivity contribution >= 4 is 39.0 Å². The van der Waals surface area contributed by atoms with Gasteiger partial charge in [0, 0.05) is 27.8 Å². The van der Waals surface area contributed by atoms with Crippen LogP contribution in [-0.2, 0) is 0 Å². The van der Waals surface area contributed by atoms with Crippen LogP contribution in [0.3, 0.4) is 0 Å². The molecule has 1 heterocycles. The van der Waals surface area contributed by atoms with Gasteiger partial charge in [-0.3, -0.25) is 0 Å². The molecule has 56 heavy (non-hydrogen) atoms. The van der Waals surface area contributed by atoms with Gasteiger partial charge in [-0.1, -0.05) is 170 Å². The third-order valence-corrected chi connectivity index (χ3v) is 10.7. The van der Waals surface area contributed by atoms with E-state index in [9.17, 15) is 0 Å². The van der Waals surface area contributed by atoms with Crippen LogP contribution in [0.4, 0.5) is 17.1 Å². The predicted molar refractivity (Wildman–Crippen MR) is 236 cm³/mol. The van der Waals surface area contributed by atoms with Crippen LogP contribution in [0.15, 0.2) is 229 Å². The molecular weight excluding hydrogens is 679 g/mol. The lowest BCUT2D eigenvalue weighted by molar-refractivity contribution is 0.669. The van der Waals surface area contributed by atoms with Crippen molar-refractivity contribution in [3.8, 4) is 55.6 Å². The molecule has 0 spiro atoms. The van der Waals surface area contributed by atoms with Crippen molar-refractivity contribution in [3.63, 3.8) is 0 Å². The first-order valence-electron chi connectivity index (χ1n) is 19.1. The highest BCUT2D eigenvalue weighted by Crippen LogP contribution is 2.41. The first-order chi connectivity index (χ1) is 27.7. The van der Waals surface area contributed by atoms with E-state index in [0.717, 1.165) is 61.3 Å². The molecule has 2 heteroatoms. The Bertz CT molecular complexity index is 2810. The molecule has 0 N–H and O–H groups in total. The smallest absolute Gasteiger partial charge is 0.136 e. The van der Waals surface area contributed by atoms with Crippen LogP contribution in [-0.4, -0.2) is 0 Å². The number of hydrogen-bond acceptors (Lipinski definition) is 2. The van der Waals surface area contributed by atoms with E-state index in [4.69, 9.17) is 4.42 Å².